The number of hydrogen-bond donors (Lipinski definition) is 0. The van der Waals surface area contributed by atoms with Crippen LogP contribution < -0.4 is 0 Å². The number of ketones is 1. The van der Waals surface area contributed by atoms with Gasteiger partial charge >= 0.3 is 4.87 Å². The lowest BCUT2D eigenvalue weighted by atomic mass is 10.0. The molecule has 2 aromatic carbocycles. The average Bonchev–Trinajstić information content (AvgIpc) is 2.59. The largest absolute Gasteiger partial charge is 0.321 e. The van der Waals surface area contributed by atoms with Crippen molar-refractivity contribution in [3.05, 3.63) is 74.7 Å². The maximum atomic E-state index is 12.7. The minimum Gasteiger partial charge on any atom is -0.294 e. The number of sulfone groups is 1. The summed E-state index contributed by atoms with van der Waals surface area (Å²) in [4.78, 5) is 20.6. The molecule has 0 spiro atoms. The highest BCUT2D eigenvalue weighted by molar-refractivity contribution is 9.10. The Balaban J connectivity index is 2.29. The van der Waals surface area contributed by atoms with Crippen molar-refractivity contribution in [1.29, 1.82) is 0 Å². The molecule has 8 heteroatoms. The van der Waals surface area contributed by atoms with E-state index in [9.17, 15) is 23.3 Å². The Morgan fingerprint density at radius 1 is 1.16 bits per heavy atom. The molecule has 0 bridgehead atoms. The van der Waals surface area contributed by atoms with Gasteiger partial charge in [0, 0.05) is 34.7 Å². The summed E-state index contributed by atoms with van der Waals surface area (Å²) in [6.45, 7) is 1.05. The van der Waals surface area contributed by atoms with Crippen molar-refractivity contribution in [2.45, 2.75) is 29.5 Å². The van der Waals surface area contributed by atoms with Gasteiger partial charge in [-0.1, -0.05) is 46.3 Å². The first-order valence-electron chi connectivity index (χ1n) is 7.41. The van der Waals surface area contributed by atoms with Crippen molar-refractivity contribution >= 4 is 31.6 Å². The molecule has 0 aromatic heterocycles. The molecular formula is C17H16BrNO5S. The Hall–Kier alpha value is -2.06. The van der Waals surface area contributed by atoms with Crippen molar-refractivity contribution in [2.24, 2.45) is 0 Å². The highest BCUT2D eigenvalue weighted by Crippen LogP contribution is 2.31. The number of benzene rings is 2. The molecule has 2 rings (SSSR count). The standard InChI is InChI=1S/C17H16BrNO5S/c1-17(19(21)22,25(23,24)15-8-3-2-4-9-15)11-10-16(20)13-6-5-7-14(18)12-13/h2-9,12H,10-11H2,1H3/t17-/m1/s1. The van der Waals surface area contributed by atoms with Crippen molar-refractivity contribution in [2.75, 3.05) is 0 Å². The van der Waals surface area contributed by atoms with E-state index in [1.807, 2.05) is 0 Å². The molecule has 2 aromatic rings. The number of Topliss-reactive ketones (excluding diaryl/α,β-unsaturated/α-hetero) is 1. The first-order valence-corrected chi connectivity index (χ1v) is 9.69. The van der Waals surface area contributed by atoms with Crippen LogP contribution in [0, 0.1) is 10.1 Å². The summed E-state index contributed by atoms with van der Waals surface area (Å²) >= 11 is 3.25. The van der Waals surface area contributed by atoms with Crippen LogP contribution in [0.3, 0.4) is 0 Å². The smallest absolute Gasteiger partial charge is 0.294 e. The predicted molar refractivity (Wildman–Crippen MR) is 96.7 cm³/mol. The summed E-state index contributed by atoms with van der Waals surface area (Å²) in [5, 5.41) is 11.6. The van der Waals surface area contributed by atoms with Crippen LogP contribution in [0.4, 0.5) is 0 Å². The first kappa shape index (κ1) is 19.3. The van der Waals surface area contributed by atoms with Gasteiger partial charge in [0.25, 0.3) is 0 Å². The van der Waals surface area contributed by atoms with Gasteiger partial charge in [0.05, 0.1) is 4.90 Å². The van der Waals surface area contributed by atoms with Crippen molar-refractivity contribution in [3.63, 3.8) is 0 Å². The van der Waals surface area contributed by atoms with E-state index in [2.05, 4.69) is 15.9 Å². The monoisotopic (exact) mass is 425 g/mol. The molecule has 25 heavy (non-hydrogen) atoms. The van der Waals surface area contributed by atoms with E-state index in [4.69, 9.17) is 0 Å². The van der Waals surface area contributed by atoms with Gasteiger partial charge in [-0.05, 0) is 24.3 Å². The van der Waals surface area contributed by atoms with Crippen LogP contribution in [-0.4, -0.2) is 24.0 Å². The summed E-state index contributed by atoms with van der Waals surface area (Å²) in [7, 11) is -4.25. The molecule has 0 aliphatic rings. The topological polar surface area (TPSA) is 94.3 Å². The maximum absolute atomic E-state index is 12.7. The van der Waals surface area contributed by atoms with E-state index in [1.165, 1.54) is 24.3 Å². The van der Waals surface area contributed by atoms with E-state index < -0.39 is 26.1 Å². The molecule has 132 valence electrons. The second kappa shape index (κ2) is 7.45. The third kappa shape index (κ3) is 3.96. The Labute approximate surface area is 154 Å². The molecule has 0 N–H and O–H groups in total. The van der Waals surface area contributed by atoms with E-state index in [0.717, 1.165) is 6.92 Å². The van der Waals surface area contributed by atoms with Crippen LogP contribution in [0.15, 0.2) is 64.0 Å². The molecule has 0 unspecified atom stereocenters. The molecule has 0 aliphatic heterocycles. The Morgan fingerprint density at radius 3 is 2.36 bits per heavy atom. The zero-order chi connectivity index (χ0) is 18.7. The minimum atomic E-state index is -4.25. The Morgan fingerprint density at radius 2 is 1.80 bits per heavy atom. The number of carbonyl (C=O) groups is 1. The third-order valence-electron chi connectivity index (χ3n) is 3.98. The zero-order valence-electron chi connectivity index (χ0n) is 13.4. The van der Waals surface area contributed by atoms with E-state index in [0.29, 0.717) is 10.0 Å². The average molecular weight is 426 g/mol. The molecule has 0 aliphatic carbocycles. The molecule has 0 saturated heterocycles. The van der Waals surface area contributed by atoms with Gasteiger partial charge in [0.15, 0.2) is 5.78 Å². The molecule has 1 atom stereocenters. The van der Waals surface area contributed by atoms with Crippen LogP contribution in [0.2, 0.25) is 0 Å². The first-order chi connectivity index (χ1) is 11.7. The van der Waals surface area contributed by atoms with Gasteiger partial charge in [0.1, 0.15) is 0 Å². The molecule has 0 fully saturated rings. The lowest BCUT2D eigenvalue weighted by Gasteiger charge is -2.21. The van der Waals surface area contributed by atoms with E-state index in [1.54, 1.807) is 30.3 Å². The van der Waals surface area contributed by atoms with Crippen molar-refractivity contribution in [1.82, 2.24) is 0 Å². The van der Waals surface area contributed by atoms with Crippen LogP contribution in [0.1, 0.15) is 30.1 Å². The molecule has 0 amide bonds. The predicted octanol–water partition coefficient (Wildman–Crippen LogP) is 3.88. The van der Waals surface area contributed by atoms with Crippen molar-refractivity contribution in [3.8, 4) is 0 Å². The quantitative estimate of drug-likeness (QED) is 0.381. The second-order valence-corrected chi connectivity index (χ2v) is 8.96. The van der Waals surface area contributed by atoms with Crippen LogP contribution in [0.25, 0.3) is 0 Å². The van der Waals surface area contributed by atoms with E-state index >= 15 is 0 Å². The lowest BCUT2D eigenvalue weighted by Crippen LogP contribution is -2.43. The highest BCUT2D eigenvalue weighted by atomic mass is 79.9. The fraction of sp³-hybridized carbons (Fsp3) is 0.235. The van der Waals surface area contributed by atoms with Gasteiger partial charge in [-0.15, -0.1) is 0 Å². The number of hydrogen-bond acceptors (Lipinski definition) is 5. The highest BCUT2D eigenvalue weighted by Gasteiger charge is 2.51. The summed E-state index contributed by atoms with van der Waals surface area (Å²) in [6.07, 6.45) is -0.664. The fourth-order valence-electron chi connectivity index (χ4n) is 2.33. The number of carbonyl (C=O) groups excluding carboxylic acids is 1. The second-order valence-electron chi connectivity index (χ2n) is 5.68. The number of nitro groups is 1. The number of nitrogens with zero attached hydrogens (tertiary/aromatic N) is 1. The Kier molecular flexibility index (Phi) is 5.74. The lowest BCUT2D eigenvalue weighted by molar-refractivity contribution is -0.536. The minimum absolute atomic E-state index is 0.135. The molecule has 0 saturated carbocycles. The van der Waals surface area contributed by atoms with Gasteiger partial charge in [-0.3, -0.25) is 14.9 Å². The fourth-order valence-corrected chi connectivity index (χ4v) is 4.32. The zero-order valence-corrected chi connectivity index (χ0v) is 15.8. The summed E-state index contributed by atoms with van der Waals surface area (Å²) in [5.41, 5.74) is 0.372. The summed E-state index contributed by atoms with van der Waals surface area (Å²) in [6, 6.07) is 13.8. The Bertz CT molecular complexity index is 898. The third-order valence-corrected chi connectivity index (χ3v) is 6.88. The molecule has 0 heterocycles. The van der Waals surface area contributed by atoms with Crippen molar-refractivity contribution < 1.29 is 18.1 Å². The van der Waals surface area contributed by atoms with Crippen LogP contribution in [-0.2, 0) is 9.84 Å². The SMILES string of the molecule is C[C@@](CCC(=O)c1cccc(Br)c1)([N+](=O)[O-])S(=O)(=O)c1ccccc1. The van der Waals surface area contributed by atoms with Crippen LogP contribution in [0.5, 0.6) is 0 Å². The van der Waals surface area contributed by atoms with Crippen LogP contribution >= 0.6 is 15.9 Å². The molecular weight excluding hydrogens is 410 g/mol. The molecule has 6 nitrogen and oxygen atoms in total. The van der Waals surface area contributed by atoms with Gasteiger partial charge < -0.3 is 0 Å². The van der Waals surface area contributed by atoms with E-state index in [-0.39, 0.29) is 17.1 Å². The number of halogens is 1. The van der Waals surface area contributed by atoms with Gasteiger partial charge in [-0.25, -0.2) is 8.42 Å². The summed E-state index contributed by atoms with van der Waals surface area (Å²) in [5.74, 6) is -0.349. The van der Waals surface area contributed by atoms with Gasteiger partial charge in [-0.2, -0.15) is 0 Å². The molecule has 0 radical (unpaired) electrons. The summed E-state index contributed by atoms with van der Waals surface area (Å²) < 4.78 is 26.2. The van der Waals surface area contributed by atoms with Gasteiger partial charge in [0.2, 0.25) is 9.84 Å². The number of rotatable bonds is 7. The maximum Gasteiger partial charge on any atom is 0.321 e. The normalized spacial score (nSPS) is 13.8.